The van der Waals surface area contributed by atoms with Gasteiger partial charge in [-0.3, -0.25) is 14.7 Å². The van der Waals surface area contributed by atoms with Gasteiger partial charge in [-0.2, -0.15) is 0 Å². The fourth-order valence-corrected chi connectivity index (χ4v) is 3.24. The zero-order chi connectivity index (χ0) is 14.9. The van der Waals surface area contributed by atoms with Gasteiger partial charge in [-0.05, 0) is 24.3 Å². The lowest BCUT2D eigenvalue weighted by atomic mass is 10.2. The van der Waals surface area contributed by atoms with Gasteiger partial charge in [0.05, 0.1) is 22.8 Å². The third kappa shape index (κ3) is 2.79. The first kappa shape index (κ1) is 13.7. The number of pyridine rings is 1. The summed E-state index contributed by atoms with van der Waals surface area (Å²) in [4.78, 5) is 11.9. The van der Waals surface area contributed by atoms with E-state index < -0.39 is 10.0 Å². The molecule has 0 radical (unpaired) electrons. The molecule has 0 saturated carbocycles. The number of rotatable bonds is 3. The summed E-state index contributed by atoms with van der Waals surface area (Å²) in [6, 6.07) is 8.26. The van der Waals surface area contributed by atoms with Gasteiger partial charge in [0, 0.05) is 11.6 Å². The molecule has 2 aromatic heterocycles. The maximum absolute atomic E-state index is 12.5. The van der Waals surface area contributed by atoms with Gasteiger partial charge in [-0.1, -0.05) is 17.7 Å². The summed E-state index contributed by atoms with van der Waals surface area (Å²) in [5, 5.41) is 0.636. The summed E-state index contributed by atoms with van der Waals surface area (Å²) in [6.45, 7) is 0. The normalized spacial score (nSPS) is 11.5. The Labute approximate surface area is 125 Å². The molecule has 0 fully saturated rings. The molecule has 0 bridgehead atoms. The predicted octanol–water partition coefficient (Wildman–Crippen LogP) is 2.48. The molecule has 0 atom stereocenters. The largest absolute Gasteiger partial charge is 0.263 e. The monoisotopic (exact) mass is 320 g/mol. The number of benzene rings is 1. The van der Waals surface area contributed by atoms with Crippen LogP contribution >= 0.6 is 11.6 Å². The molecule has 0 aliphatic rings. The van der Waals surface area contributed by atoms with E-state index in [2.05, 4.69) is 19.7 Å². The lowest BCUT2D eigenvalue weighted by Gasteiger charge is -2.09. The van der Waals surface area contributed by atoms with E-state index in [0.717, 1.165) is 0 Å². The fraction of sp³-hybridized carbons (Fsp3) is 0. The predicted molar refractivity (Wildman–Crippen MR) is 79.6 cm³/mol. The Kier molecular flexibility index (Phi) is 3.44. The van der Waals surface area contributed by atoms with Crippen LogP contribution in [-0.4, -0.2) is 23.4 Å². The first-order chi connectivity index (χ1) is 10.1. The van der Waals surface area contributed by atoms with E-state index in [1.54, 1.807) is 30.5 Å². The number of hydrogen-bond donors (Lipinski definition) is 1. The summed E-state index contributed by atoms with van der Waals surface area (Å²) >= 11 is 5.70. The van der Waals surface area contributed by atoms with E-state index in [9.17, 15) is 8.42 Å². The van der Waals surface area contributed by atoms with Crippen molar-refractivity contribution in [3.63, 3.8) is 0 Å². The van der Waals surface area contributed by atoms with Gasteiger partial charge in [-0.15, -0.1) is 0 Å². The topological polar surface area (TPSA) is 84.8 Å². The molecule has 106 valence electrons. The Bertz CT molecular complexity index is 909. The van der Waals surface area contributed by atoms with Crippen molar-refractivity contribution < 1.29 is 8.42 Å². The highest BCUT2D eigenvalue weighted by Crippen LogP contribution is 2.23. The average molecular weight is 321 g/mol. The first-order valence-electron chi connectivity index (χ1n) is 5.90. The quantitative estimate of drug-likeness (QED) is 0.801. The van der Waals surface area contributed by atoms with Crippen LogP contribution in [0, 0.1) is 0 Å². The first-order valence-corrected chi connectivity index (χ1v) is 7.76. The van der Waals surface area contributed by atoms with Crippen LogP contribution in [0.15, 0.2) is 53.8 Å². The standard InChI is InChI=1S/C13H9ClN4O2S/c14-12-7-15-8-13(17-12)18-21(19,20)11-5-1-4-10-9(11)3-2-6-16-10/h1-8H,(H,17,18). The second kappa shape index (κ2) is 5.27. The minimum atomic E-state index is -3.81. The number of aromatic nitrogens is 3. The second-order valence-electron chi connectivity index (χ2n) is 4.16. The van der Waals surface area contributed by atoms with E-state index in [1.807, 2.05) is 0 Å². The molecular formula is C13H9ClN4O2S. The molecule has 1 N–H and O–H groups in total. The molecule has 2 heterocycles. The van der Waals surface area contributed by atoms with Crippen LogP contribution in [0.4, 0.5) is 5.82 Å². The SMILES string of the molecule is O=S(=O)(Nc1cncc(Cl)n1)c1cccc2ncccc12. The molecule has 0 aliphatic heterocycles. The number of anilines is 1. The van der Waals surface area contributed by atoms with Crippen LogP contribution in [0.5, 0.6) is 0 Å². The molecule has 3 rings (SSSR count). The molecule has 0 spiro atoms. The molecule has 8 heteroatoms. The summed E-state index contributed by atoms with van der Waals surface area (Å²) in [5.41, 5.74) is 0.595. The number of fused-ring (bicyclic) bond motifs is 1. The number of nitrogens with zero attached hydrogens (tertiary/aromatic N) is 3. The molecule has 21 heavy (non-hydrogen) atoms. The lowest BCUT2D eigenvalue weighted by molar-refractivity contribution is 0.602. The van der Waals surface area contributed by atoms with E-state index >= 15 is 0 Å². The highest BCUT2D eigenvalue weighted by atomic mass is 35.5. The van der Waals surface area contributed by atoms with Gasteiger partial charge in [0.2, 0.25) is 0 Å². The molecule has 0 aliphatic carbocycles. The van der Waals surface area contributed by atoms with Gasteiger partial charge in [0.25, 0.3) is 10.0 Å². The average Bonchev–Trinajstić information content (AvgIpc) is 2.46. The zero-order valence-electron chi connectivity index (χ0n) is 10.6. The fourth-order valence-electron chi connectivity index (χ4n) is 1.89. The number of sulfonamides is 1. The molecule has 0 amide bonds. The maximum Gasteiger partial charge on any atom is 0.263 e. The Morgan fingerprint density at radius 1 is 1.10 bits per heavy atom. The van der Waals surface area contributed by atoms with Crippen LogP contribution in [0.1, 0.15) is 0 Å². The lowest BCUT2D eigenvalue weighted by Crippen LogP contribution is -2.14. The molecule has 6 nitrogen and oxygen atoms in total. The van der Waals surface area contributed by atoms with Crippen molar-refractivity contribution in [1.29, 1.82) is 0 Å². The Morgan fingerprint density at radius 3 is 2.76 bits per heavy atom. The van der Waals surface area contributed by atoms with Crippen LogP contribution in [0.2, 0.25) is 5.15 Å². The Hall–Kier alpha value is -2.25. The highest BCUT2D eigenvalue weighted by molar-refractivity contribution is 7.93. The zero-order valence-corrected chi connectivity index (χ0v) is 12.1. The number of hydrogen-bond acceptors (Lipinski definition) is 5. The van der Waals surface area contributed by atoms with Crippen molar-refractivity contribution in [2.24, 2.45) is 0 Å². The van der Waals surface area contributed by atoms with E-state index in [4.69, 9.17) is 11.6 Å². The third-order valence-electron chi connectivity index (χ3n) is 2.74. The summed E-state index contributed by atoms with van der Waals surface area (Å²) < 4.78 is 27.3. The van der Waals surface area contributed by atoms with Crippen LogP contribution in [0.3, 0.4) is 0 Å². The molecule has 1 aromatic carbocycles. The maximum atomic E-state index is 12.5. The van der Waals surface area contributed by atoms with Crippen molar-refractivity contribution in [3.05, 3.63) is 54.1 Å². The van der Waals surface area contributed by atoms with E-state index in [-0.39, 0.29) is 15.9 Å². The highest BCUT2D eigenvalue weighted by Gasteiger charge is 2.18. The number of nitrogens with one attached hydrogen (secondary N) is 1. The Morgan fingerprint density at radius 2 is 1.95 bits per heavy atom. The van der Waals surface area contributed by atoms with Gasteiger partial charge in [0.1, 0.15) is 5.15 Å². The summed E-state index contributed by atoms with van der Waals surface area (Å²) in [5.74, 6) is 0.0587. The van der Waals surface area contributed by atoms with Crippen LogP contribution in [-0.2, 0) is 10.0 Å². The van der Waals surface area contributed by atoms with Gasteiger partial charge in [-0.25, -0.2) is 13.4 Å². The van der Waals surface area contributed by atoms with Gasteiger partial charge < -0.3 is 0 Å². The van der Waals surface area contributed by atoms with Gasteiger partial charge >= 0.3 is 0 Å². The summed E-state index contributed by atoms with van der Waals surface area (Å²) in [7, 11) is -3.81. The van der Waals surface area contributed by atoms with E-state index in [1.165, 1.54) is 18.5 Å². The second-order valence-corrected chi connectivity index (χ2v) is 6.20. The van der Waals surface area contributed by atoms with Crippen LogP contribution in [0.25, 0.3) is 10.9 Å². The summed E-state index contributed by atoms with van der Waals surface area (Å²) in [6.07, 6.45) is 4.21. The molecular weight excluding hydrogens is 312 g/mol. The smallest absolute Gasteiger partial charge is 0.262 e. The van der Waals surface area contributed by atoms with Crippen molar-refractivity contribution >= 4 is 38.3 Å². The third-order valence-corrected chi connectivity index (χ3v) is 4.33. The van der Waals surface area contributed by atoms with Crippen LogP contribution < -0.4 is 4.72 Å². The van der Waals surface area contributed by atoms with Crippen molar-refractivity contribution in [3.8, 4) is 0 Å². The minimum Gasteiger partial charge on any atom is -0.262 e. The Balaban J connectivity index is 2.09. The number of halogens is 1. The molecule has 0 unspecified atom stereocenters. The van der Waals surface area contributed by atoms with Crippen molar-refractivity contribution in [1.82, 2.24) is 15.0 Å². The minimum absolute atomic E-state index is 0.0587. The van der Waals surface area contributed by atoms with Crippen molar-refractivity contribution in [2.45, 2.75) is 4.90 Å². The van der Waals surface area contributed by atoms with Gasteiger partial charge in [0.15, 0.2) is 5.82 Å². The van der Waals surface area contributed by atoms with Crippen molar-refractivity contribution in [2.75, 3.05) is 4.72 Å². The molecule has 3 aromatic rings. The molecule has 0 saturated heterocycles. The van der Waals surface area contributed by atoms with E-state index in [0.29, 0.717) is 10.9 Å².